The molecule has 1 amide bonds. The zero-order valence-electron chi connectivity index (χ0n) is 13.4. The second-order valence-corrected chi connectivity index (χ2v) is 7.02. The number of aliphatic hydroxyl groups is 1. The van der Waals surface area contributed by atoms with Crippen molar-refractivity contribution < 1.29 is 24.2 Å². The lowest BCUT2D eigenvalue weighted by molar-refractivity contribution is -0.140. The van der Waals surface area contributed by atoms with Crippen LogP contribution in [0, 0.1) is 11.2 Å². The number of carbonyl (C=O) groups is 2. The third-order valence-corrected chi connectivity index (χ3v) is 4.22. The van der Waals surface area contributed by atoms with E-state index in [0.29, 0.717) is 18.5 Å². The topological polar surface area (TPSA) is 77.8 Å². The highest BCUT2D eigenvalue weighted by molar-refractivity contribution is 5.78. The minimum atomic E-state index is -1.26. The van der Waals surface area contributed by atoms with Crippen LogP contribution < -0.4 is 0 Å². The number of aliphatic carboxylic acids is 1. The Morgan fingerprint density at radius 3 is 2.65 bits per heavy atom. The zero-order valence-corrected chi connectivity index (χ0v) is 13.4. The van der Waals surface area contributed by atoms with Crippen molar-refractivity contribution in [2.24, 2.45) is 5.41 Å². The van der Waals surface area contributed by atoms with Crippen LogP contribution in [-0.2, 0) is 15.2 Å². The van der Waals surface area contributed by atoms with E-state index in [1.54, 1.807) is 19.9 Å². The van der Waals surface area contributed by atoms with E-state index in [-0.39, 0.29) is 25.3 Å². The van der Waals surface area contributed by atoms with Gasteiger partial charge in [-0.05, 0) is 29.5 Å². The first-order chi connectivity index (χ1) is 10.6. The Hall–Kier alpha value is -1.95. The lowest BCUT2D eigenvalue weighted by Crippen LogP contribution is -2.36. The summed E-state index contributed by atoms with van der Waals surface area (Å²) in [5.74, 6) is -1.56. The van der Waals surface area contributed by atoms with Crippen molar-refractivity contribution in [1.82, 2.24) is 4.90 Å². The molecule has 1 unspecified atom stereocenters. The molecule has 1 aliphatic heterocycles. The Morgan fingerprint density at radius 1 is 1.35 bits per heavy atom. The van der Waals surface area contributed by atoms with Crippen molar-refractivity contribution in [3.8, 4) is 0 Å². The molecule has 1 saturated heterocycles. The molecule has 5 nitrogen and oxygen atoms in total. The first-order valence-corrected chi connectivity index (χ1v) is 7.59. The molecule has 2 rings (SSSR count). The standard InChI is InChI=1S/C17H22FNO4/c1-16(2,10-15(21)22)9-14(20)19-7-6-17(23,11-19)12-4-3-5-13(18)8-12/h3-5,8,23H,6-7,9-11H2,1-2H3,(H,21,22). The summed E-state index contributed by atoms with van der Waals surface area (Å²) in [5, 5.41) is 19.6. The van der Waals surface area contributed by atoms with Crippen molar-refractivity contribution in [2.75, 3.05) is 13.1 Å². The van der Waals surface area contributed by atoms with Gasteiger partial charge in [-0.25, -0.2) is 4.39 Å². The van der Waals surface area contributed by atoms with Crippen LogP contribution in [0.15, 0.2) is 24.3 Å². The van der Waals surface area contributed by atoms with E-state index >= 15 is 0 Å². The van der Waals surface area contributed by atoms with Crippen molar-refractivity contribution >= 4 is 11.9 Å². The molecular formula is C17H22FNO4. The summed E-state index contributed by atoms with van der Waals surface area (Å²) in [6.45, 7) is 3.93. The van der Waals surface area contributed by atoms with Crippen LogP contribution in [0.1, 0.15) is 38.7 Å². The van der Waals surface area contributed by atoms with Gasteiger partial charge in [0.05, 0.1) is 13.0 Å². The average Bonchev–Trinajstić information content (AvgIpc) is 2.81. The molecule has 2 N–H and O–H groups in total. The first-order valence-electron chi connectivity index (χ1n) is 7.59. The quantitative estimate of drug-likeness (QED) is 0.870. The maximum absolute atomic E-state index is 13.3. The summed E-state index contributed by atoms with van der Waals surface area (Å²) in [6.07, 6.45) is 0.334. The van der Waals surface area contributed by atoms with E-state index in [1.165, 1.54) is 23.1 Å². The summed E-state index contributed by atoms with van der Waals surface area (Å²) in [7, 11) is 0. The number of hydrogen-bond donors (Lipinski definition) is 2. The second-order valence-electron chi connectivity index (χ2n) is 7.02. The van der Waals surface area contributed by atoms with Crippen LogP contribution in [0.5, 0.6) is 0 Å². The number of carboxylic acids is 1. The van der Waals surface area contributed by atoms with Gasteiger partial charge in [0.1, 0.15) is 11.4 Å². The molecule has 0 aliphatic carbocycles. The largest absolute Gasteiger partial charge is 0.481 e. The molecule has 0 saturated carbocycles. The molecule has 1 heterocycles. The maximum Gasteiger partial charge on any atom is 0.303 e. The average molecular weight is 323 g/mol. The minimum Gasteiger partial charge on any atom is -0.481 e. The summed E-state index contributed by atoms with van der Waals surface area (Å²) in [4.78, 5) is 24.7. The van der Waals surface area contributed by atoms with Crippen molar-refractivity contribution in [3.05, 3.63) is 35.6 Å². The lowest BCUT2D eigenvalue weighted by Gasteiger charge is -2.27. The maximum atomic E-state index is 13.3. The molecule has 6 heteroatoms. The molecule has 1 aromatic rings. The highest BCUT2D eigenvalue weighted by Crippen LogP contribution is 2.34. The van der Waals surface area contributed by atoms with Gasteiger partial charge in [0.15, 0.2) is 0 Å². The summed E-state index contributed by atoms with van der Waals surface area (Å²) < 4.78 is 13.3. The Morgan fingerprint density at radius 2 is 2.04 bits per heavy atom. The smallest absolute Gasteiger partial charge is 0.303 e. The van der Waals surface area contributed by atoms with E-state index in [9.17, 15) is 19.1 Å². The van der Waals surface area contributed by atoms with E-state index in [2.05, 4.69) is 0 Å². The number of likely N-dealkylation sites (tertiary alicyclic amines) is 1. The highest BCUT2D eigenvalue weighted by atomic mass is 19.1. The molecule has 23 heavy (non-hydrogen) atoms. The normalized spacial score (nSPS) is 21.5. The number of carboxylic acid groups (broad SMARTS) is 1. The number of carbonyl (C=O) groups excluding carboxylic acids is 1. The Labute approximate surface area is 134 Å². The summed E-state index contributed by atoms with van der Waals surface area (Å²) in [5.41, 5.74) is -1.45. The lowest BCUT2D eigenvalue weighted by atomic mass is 9.85. The number of amides is 1. The number of hydrogen-bond acceptors (Lipinski definition) is 3. The molecule has 0 aromatic heterocycles. The fraction of sp³-hybridized carbons (Fsp3) is 0.529. The molecule has 0 bridgehead atoms. The second kappa shape index (κ2) is 6.28. The molecule has 0 radical (unpaired) electrons. The predicted molar refractivity (Wildman–Crippen MR) is 82.1 cm³/mol. The molecule has 0 spiro atoms. The summed E-state index contributed by atoms with van der Waals surface area (Å²) >= 11 is 0. The van der Waals surface area contributed by atoms with E-state index in [0.717, 1.165) is 0 Å². The molecule has 1 aromatic carbocycles. The number of halogens is 1. The molecule has 1 atom stereocenters. The fourth-order valence-electron chi connectivity index (χ4n) is 3.01. The number of benzene rings is 1. The van der Waals surface area contributed by atoms with E-state index < -0.39 is 22.8 Å². The number of β-amino-alcohol motifs (C(OH)–C–C–N with tert-alkyl or cyclic N) is 1. The first kappa shape index (κ1) is 17.4. The van der Waals surface area contributed by atoms with Gasteiger partial charge in [-0.2, -0.15) is 0 Å². The van der Waals surface area contributed by atoms with Gasteiger partial charge < -0.3 is 15.1 Å². The Balaban J connectivity index is 2.04. The van der Waals surface area contributed by atoms with Crippen molar-refractivity contribution in [1.29, 1.82) is 0 Å². The Kier molecular flexibility index (Phi) is 4.75. The van der Waals surface area contributed by atoms with Crippen LogP contribution >= 0.6 is 0 Å². The highest BCUT2D eigenvalue weighted by Gasteiger charge is 2.40. The fourth-order valence-corrected chi connectivity index (χ4v) is 3.01. The SMILES string of the molecule is CC(C)(CC(=O)O)CC(=O)N1CCC(O)(c2cccc(F)c2)C1. The van der Waals surface area contributed by atoms with Crippen LogP contribution in [0.25, 0.3) is 0 Å². The summed E-state index contributed by atoms with van der Waals surface area (Å²) in [6, 6.07) is 5.76. The monoisotopic (exact) mass is 323 g/mol. The number of nitrogens with zero attached hydrogens (tertiary/aromatic N) is 1. The molecular weight excluding hydrogens is 301 g/mol. The van der Waals surface area contributed by atoms with Gasteiger partial charge in [0, 0.05) is 13.0 Å². The van der Waals surface area contributed by atoms with Gasteiger partial charge >= 0.3 is 5.97 Å². The van der Waals surface area contributed by atoms with Gasteiger partial charge in [0.2, 0.25) is 5.91 Å². The van der Waals surface area contributed by atoms with Crippen LogP contribution in [0.4, 0.5) is 4.39 Å². The van der Waals surface area contributed by atoms with Crippen LogP contribution in [0.3, 0.4) is 0 Å². The Bertz CT molecular complexity index is 616. The van der Waals surface area contributed by atoms with Crippen molar-refractivity contribution in [3.63, 3.8) is 0 Å². The third kappa shape index (κ3) is 4.28. The van der Waals surface area contributed by atoms with Gasteiger partial charge in [0.25, 0.3) is 0 Å². The van der Waals surface area contributed by atoms with E-state index in [1.807, 2.05) is 0 Å². The third-order valence-electron chi connectivity index (χ3n) is 4.22. The molecule has 1 aliphatic rings. The van der Waals surface area contributed by atoms with Gasteiger partial charge in [-0.15, -0.1) is 0 Å². The minimum absolute atomic E-state index is 0.0957. The van der Waals surface area contributed by atoms with Crippen LogP contribution in [0.2, 0.25) is 0 Å². The van der Waals surface area contributed by atoms with Crippen LogP contribution in [-0.4, -0.2) is 40.1 Å². The van der Waals surface area contributed by atoms with Crippen molar-refractivity contribution in [2.45, 2.75) is 38.7 Å². The number of rotatable bonds is 5. The molecule has 126 valence electrons. The van der Waals surface area contributed by atoms with E-state index in [4.69, 9.17) is 5.11 Å². The molecule has 1 fully saturated rings. The van der Waals surface area contributed by atoms with Gasteiger partial charge in [-0.1, -0.05) is 26.0 Å². The zero-order chi connectivity index (χ0) is 17.3. The van der Waals surface area contributed by atoms with Gasteiger partial charge in [-0.3, -0.25) is 9.59 Å². The predicted octanol–water partition coefficient (Wildman–Crippen LogP) is 2.14.